The number of nitrogens with zero attached hydrogens (tertiary/aromatic N) is 1. The molecule has 0 aliphatic rings. The molecule has 82 valence electrons. The fourth-order valence-corrected chi connectivity index (χ4v) is 1.06. The average Bonchev–Trinajstić information content (AvgIpc) is 2.27. The Bertz CT molecular complexity index is 368. The van der Waals surface area contributed by atoms with Crippen molar-refractivity contribution in [3.63, 3.8) is 0 Å². The quantitative estimate of drug-likeness (QED) is 0.775. The fraction of sp³-hybridized carbons (Fsp3) is 0.333. The molecule has 0 fully saturated rings. The minimum Gasteiger partial charge on any atom is -0.465 e. The average molecular weight is 217 g/mol. The van der Waals surface area contributed by atoms with Crippen LogP contribution in [0.3, 0.4) is 0 Å². The Kier molecular flexibility index (Phi) is 3.68. The Balaban J connectivity index is 3.16. The normalized spacial score (nSPS) is 10.5. The number of aliphatic hydroxyl groups excluding tert-OH is 1. The van der Waals surface area contributed by atoms with E-state index in [1.54, 1.807) is 0 Å². The van der Waals surface area contributed by atoms with Crippen LogP contribution in [0.4, 0.5) is 8.78 Å². The summed E-state index contributed by atoms with van der Waals surface area (Å²) in [6.07, 6.45) is -1.70. The molecular formula is C9H9F2NO3. The maximum atomic E-state index is 12.5. The number of alkyl halides is 2. The number of ether oxygens (including phenoxy) is 1. The first kappa shape index (κ1) is 11.5. The van der Waals surface area contributed by atoms with Crippen molar-refractivity contribution in [3.8, 4) is 0 Å². The second-order valence-electron chi connectivity index (χ2n) is 2.71. The molecule has 0 radical (unpaired) electrons. The van der Waals surface area contributed by atoms with Crippen molar-refractivity contribution in [2.24, 2.45) is 0 Å². The zero-order valence-electron chi connectivity index (χ0n) is 7.91. The lowest BCUT2D eigenvalue weighted by molar-refractivity contribution is 0.0599. The Labute approximate surface area is 84.5 Å². The zero-order chi connectivity index (χ0) is 11.4. The second kappa shape index (κ2) is 4.79. The van der Waals surface area contributed by atoms with Crippen molar-refractivity contribution in [1.82, 2.24) is 4.98 Å². The van der Waals surface area contributed by atoms with Crippen molar-refractivity contribution < 1.29 is 23.4 Å². The number of rotatable bonds is 3. The lowest BCUT2D eigenvalue weighted by atomic mass is 10.1. The van der Waals surface area contributed by atoms with Crippen LogP contribution in [0.25, 0.3) is 0 Å². The molecule has 0 amide bonds. The molecule has 0 spiro atoms. The zero-order valence-corrected chi connectivity index (χ0v) is 7.91. The Morgan fingerprint density at radius 2 is 2.33 bits per heavy atom. The lowest BCUT2D eigenvalue weighted by Gasteiger charge is -2.07. The van der Waals surface area contributed by atoms with Crippen LogP contribution in [-0.4, -0.2) is 23.2 Å². The van der Waals surface area contributed by atoms with E-state index >= 15 is 0 Å². The number of carbonyl (C=O) groups excluding carboxylic acids is 1. The number of methoxy groups -OCH3 is 1. The van der Waals surface area contributed by atoms with Crippen LogP contribution >= 0.6 is 0 Å². The number of hydrogen-bond donors (Lipinski definition) is 1. The van der Waals surface area contributed by atoms with Crippen molar-refractivity contribution in [1.29, 1.82) is 0 Å². The number of aliphatic hydroxyl groups is 1. The van der Waals surface area contributed by atoms with Crippen molar-refractivity contribution >= 4 is 5.97 Å². The van der Waals surface area contributed by atoms with Crippen molar-refractivity contribution in [3.05, 3.63) is 29.1 Å². The number of halogens is 2. The molecule has 0 unspecified atom stereocenters. The highest BCUT2D eigenvalue weighted by atomic mass is 19.3. The fourth-order valence-electron chi connectivity index (χ4n) is 1.06. The third kappa shape index (κ3) is 2.47. The highest BCUT2D eigenvalue weighted by Crippen LogP contribution is 2.22. The van der Waals surface area contributed by atoms with Gasteiger partial charge in [0.2, 0.25) is 0 Å². The molecule has 0 saturated carbocycles. The molecule has 1 aromatic heterocycles. The van der Waals surface area contributed by atoms with Crippen LogP contribution in [0.5, 0.6) is 0 Å². The van der Waals surface area contributed by atoms with Crippen molar-refractivity contribution in [2.75, 3.05) is 7.11 Å². The molecule has 1 aromatic rings. The van der Waals surface area contributed by atoms with Gasteiger partial charge in [-0.3, -0.25) is 4.98 Å². The van der Waals surface area contributed by atoms with E-state index in [4.69, 9.17) is 5.11 Å². The number of hydrogen-bond acceptors (Lipinski definition) is 4. The van der Waals surface area contributed by atoms with Gasteiger partial charge >= 0.3 is 5.97 Å². The Hall–Kier alpha value is -1.56. The first-order valence-electron chi connectivity index (χ1n) is 4.06. The van der Waals surface area contributed by atoms with Gasteiger partial charge in [0.1, 0.15) is 0 Å². The summed E-state index contributed by atoms with van der Waals surface area (Å²) in [5.41, 5.74) is -0.664. The molecule has 0 aliphatic heterocycles. The first-order valence-corrected chi connectivity index (χ1v) is 4.06. The third-order valence-electron chi connectivity index (χ3n) is 1.81. The standard InChI is InChI=1S/C9H9F2NO3/c1-15-9(14)5-2-6(8(10)11)7(4-13)12-3-5/h2-3,8,13H,4H2,1H3. The Morgan fingerprint density at radius 3 is 2.80 bits per heavy atom. The van der Waals surface area contributed by atoms with E-state index < -0.39 is 24.6 Å². The molecular weight excluding hydrogens is 208 g/mol. The summed E-state index contributed by atoms with van der Waals surface area (Å²) in [5, 5.41) is 8.74. The molecule has 6 heteroatoms. The molecule has 1 rings (SSSR count). The van der Waals surface area contributed by atoms with E-state index in [2.05, 4.69) is 9.72 Å². The summed E-state index contributed by atoms with van der Waals surface area (Å²) in [5.74, 6) is -0.742. The van der Waals surface area contributed by atoms with Crippen LogP contribution in [0, 0.1) is 0 Å². The summed E-state index contributed by atoms with van der Waals surface area (Å²) >= 11 is 0. The highest BCUT2D eigenvalue weighted by molar-refractivity contribution is 5.89. The molecule has 4 nitrogen and oxygen atoms in total. The van der Waals surface area contributed by atoms with Gasteiger partial charge in [-0.2, -0.15) is 0 Å². The largest absolute Gasteiger partial charge is 0.465 e. The monoisotopic (exact) mass is 217 g/mol. The van der Waals surface area contributed by atoms with Crippen LogP contribution in [-0.2, 0) is 11.3 Å². The molecule has 1 heterocycles. The number of carbonyl (C=O) groups is 1. The molecule has 0 saturated heterocycles. The van der Waals surface area contributed by atoms with Gasteiger partial charge in [0.15, 0.2) is 0 Å². The number of esters is 1. The number of aromatic nitrogens is 1. The lowest BCUT2D eigenvalue weighted by Crippen LogP contribution is -2.06. The van der Waals surface area contributed by atoms with E-state index in [9.17, 15) is 13.6 Å². The van der Waals surface area contributed by atoms with Gasteiger partial charge in [-0.1, -0.05) is 0 Å². The maximum Gasteiger partial charge on any atom is 0.339 e. The first-order chi connectivity index (χ1) is 7.10. The minimum absolute atomic E-state index is 0.0648. The molecule has 1 N–H and O–H groups in total. The van der Waals surface area contributed by atoms with Gasteiger partial charge in [-0.15, -0.1) is 0 Å². The van der Waals surface area contributed by atoms with Gasteiger partial charge in [0.25, 0.3) is 6.43 Å². The molecule has 15 heavy (non-hydrogen) atoms. The summed E-state index contributed by atoms with van der Waals surface area (Å²) in [7, 11) is 1.14. The van der Waals surface area contributed by atoms with Crippen LogP contribution in [0.1, 0.15) is 28.0 Å². The van der Waals surface area contributed by atoms with Gasteiger partial charge in [0, 0.05) is 11.8 Å². The van der Waals surface area contributed by atoms with Crippen LogP contribution in [0.2, 0.25) is 0 Å². The minimum atomic E-state index is -2.79. The number of pyridine rings is 1. The highest BCUT2D eigenvalue weighted by Gasteiger charge is 2.17. The van der Waals surface area contributed by atoms with E-state index in [1.807, 2.05) is 0 Å². The van der Waals surface area contributed by atoms with E-state index in [0.29, 0.717) is 0 Å². The molecule has 0 bridgehead atoms. The van der Waals surface area contributed by atoms with Crippen LogP contribution in [0.15, 0.2) is 12.3 Å². The molecule has 0 atom stereocenters. The van der Waals surface area contributed by atoms with Gasteiger partial charge in [0.05, 0.1) is 25.0 Å². The summed E-state index contributed by atoms with van der Waals surface area (Å²) in [6, 6.07) is 0.967. The topological polar surface area (TPSA) is 59.4 Å². The summed E-state index contributed by atoms with van der Waals surface area (Å²) in [4.78, 5) is 14.6. The predicted molar refractivity (Wildman–Crippen MR) is 46.5 cm³/mol. The van der Waals surface area contributed by atoms with E-state index in [-0.39, 0.29) is 11.3 Å². The van der Waals surface area contributed by atoms with Crippen molar-refractivity contribution in [2.45, 2.75) is 13.0 Å². The SMILES string of the molecule is COC(=O)c1cnc(CO)c(C(F)F)c1. The molecule has 0 aliphatic carbocycles. The predicted octanol–water partition coefficient (Wildman–Crippen LogP) is 1.30. The summed E-state index contributed by atoms with van der Waals surface area (Å²) in [6.45, 7) is -0.596. The van der Waals surface area contributed by atoms with E-state index in [1.165, 1.54) is 0 Å². The Morgan fingerprint density at radius 1 is 1.67 bits per heavy atom. The third-order valence-corrected chi connectivity index (χ3v) is 1.81. The molecule has 0 aromatic carbocycles. The van der Waals surface area contributed by atoms with Crippen LogP contribution < -0.4 is 0 Å². The van der Waals surface area contributed by atoms with E-state index in [0.717, 1.165) is 19.4 Å². The van der Waals surface area contributed by atoms with Gasteiger partial charge < -0.3 is 9.84 Å². The smallest absolute Gasteiger partial charge is 0.339 e. The van der Waals surface area contributed by atoms with Gasteiger partial charge in [-0.25, -0.2) is 13.6 Å². The maximum absolute atomic E-state index is 12.5. The summed E-state index contributed by atoms with van der Waals surface area (Å²) < 4.78 is 29.3. The van der Waals surface area contributed by atoms with Gasteiger partial charge in [-0.05, 0) is 6.07 Å². The second-order valence-corrected chi connectivity index (χ2v) is 2.71.